The van der Waals surface area contributed by atoms with Crippen LogP contribution in [0.15, 0.2) is 24.4 Å². The number of nitrogens with two attached hydrogens (primary N) is 1. The number of fused-ring (bicyclic) bond motifs is 3. The molecule has 1 aromatic carbocycles. The van der Waals surface area contributed by atoms with Crippen molar-refractivity contribution in [2.75, 3.05) is 44.2 Å². The summed E-state index contributed by atoms with van der Waals surface area (Å²) in [6.07, 6.45) is 5.95. The summed E-state index contributed by atoms with van der Waals surface area (Å²) in [5.41, 5.74) is 8.48. The molecule has 1 atom stereocenters. The lowest BCUT2D eigenvalue weighted by atomic mass is 9.78. The first kappa shape index (κ1) is 23.7. The molecular weight excluding hydrogens is 472 g/mol. The molecule has 37 heavy (non-hydrogen) atoms. The third-order valence-electron chi connectivity index (χ3n) is 8.56. The van der Waals surface area contributed by atoms with Gasteiger partial charge in [0, 0.05) is 36.7 Å². The Kier molecular flexibility index (Phi) is 5.78. The highest BCUT2D eigenvalue weighted by Gasteiger charge is 2.45. The van der Waals surface area contributed by atoms with Gasteiger partial charge in [-0.1, -0.05) is 12.1 Å². The van der Waals surface area contributed by atoms with Gasteiger partial charge in [-0.2, -0.15) is 0 Å². The van der Waals surface area contributed by atoms with E-state index >= 15 is 0 Å². The fourth-order valence-electron chi connectivity index (χ4n) is 6.62. The molecular formula is C27H32N6O4. The number of rotatable bonds is 5. The van der Waals surface area contributed by atoms with Crippen molar-refractivity contribution in [3.63, 3.8) is 0 Å². The van der Waals surface area contributed by atoms with E-state index in [0.717, 1.165) is 73.8 Å². The molecule has 3 aliphatic heterocycles. The van der Waals surface area contributed by atoms with Crippen LogP contribution in [-0.4, -0.2) is 77.0 Å². The fourth-order valence-corrected chi connectivity index (χ4v) is 6.62. The summed E-state index contributed by atoms with van der Waals surface area (Å²) in [6, 6.07) is 6.37. The maximum absolute atomic E-state index is 12.7. The minimum absolute atomic E-state index is 0.0822. The minimum Gasteiger partial charge on any atom is -0.480 e. The van der Waals surface area contributed by atoms with Gasteiger partial charge < -0.3 is 26.0 Å². The van der Waals surface area contributed by atoms with Gasteiger partial charge in [0.05, 0.1) is 28.4 Å². The average Bonchev–Trinajstić information content (AvgIpc) is 3.43. The molecule has 0 bridgehead atoms. The number of carbonyl (C=O) groups is 3. The van der Waals surface area contributed by atoms with E-state index in [1.165, 1.54) is 5.56 Å². The van der Waals surface area contributed by atoms with Crippen molar-refractivity contribution in [2.24, 2.45) is 11.1 Å². The number of hydrogen-bond acceptors (Lipinski definition) is 6. The number of piperidine rings is 2. The van der Waals surface area contributed by atoms with E-state index in [4.69, 9.17) is 15.8 Å². The van der Waals surface area contributed by atoms with Gasteiger partial charge in [0.15, 0.2) is 0 Å². The van der Waals surface area contributed by atoms with Crippen molar-refractivity contribution in [1.82, 2.24) is 20.2 Å². The molecule has 0 saturated carbocycles. The van der Waals surface area contributed by atoms with Crippen LogP contribution in [0.5, 0.6) is 0 Å². The van der Waals surface area contributed by atoms with E-state index in [9.17, 15) is 14.4 Å². The zero-order valence-electron chi connectivity index (χ0n) is 20.8. The van der Waals surface area contributed by atoms with Gasteiger partial charge in [-0.3, -0.25) is 19.3 Å². The molecule has 3 saturated heterocycles. The number of benzene rings is 1. The molecule has 0 aliphatic carbocycles. The lowest BCUT2D eigenvalue weighted by molar-refractivity contribution is -0.138. The number of aromatic nitrogens is 2. The van der Waals surface area contributed by atoms with E-state index in [2.05, 4.69) is 33.4 Å². The SMILES string of the molecule is NC(=O)c1cnc(N2CCCC3(CCNC3=O)C2)c2c1[nH]c1cc(C3CCN(CC(=O)O)CC3)ccc12. The second-order valence-electron chi connectivity index (χ2n) is 10.8. The van der Waals surface area contributed by atoms with Crippen molar-refractivity contribution in [3.8, 4) is 0 Å². The molecule has 2 amide bonds. The third-order valence-corrected chi connectivity index (χ3v) is 8.56. The quantitative estimate of drug-likeness (QED) is 0.417. The number of hydrogen-bond donors (Lipinski definition) is 4. The lowest BCUT2D eigenvalue weighted by Gasteiger charge is -2.39. The van der Waals surface area contributed by atoms with E-state index in [1.54, 1.807) is 6.20 Å². The highest BCUT2D eigenvalue weighted by atomic mass is 16.4. The number of primary amides is 1. The molecule has 3 aliphatic rings. The van der Waals surface area contributed by atoms with E-state index < -0.39 is 11.9 Å². The number of anilines is 1. The Bertz CT molecular complexity index is 1410. The maximum Gasteiger partial charge on any atom is 0.317 e. The van der Waals surface area contributed by atoms with Gasteiger partial charge >= 0.3 is 5.97 Å². The van der Waals surface area contributed by atoms with Gasteiger partial charge in [0.1, 0.15) is 5.82 Å². The Morgan fingerprint density at radius 3 is 2.70 bits per heavy atom. The van der Waals surface area contributed by atoms with Gasteiger partial charge in [-0.25, -0.2) is 4.98 Å². The summed E-state index contributed by atoms with van der Waals surface area (Å²) in [4.78, 5) is 48.4. The molecule has 3 fully saturated rings. The van der Waals surface area contributed by atoms with E-state index in [1.807, 2.05) is 4.90 Å². The summed E-state index contributed by atoms with van der Waals surface area (Å²) in [7, 11) is 0. The zero-order chi connectivity index (χ0) is 25.7. The Morgan fingerprint density at radius 1 is 1.19 bits per heavy atom. The van der Waals surface area contributed by atoms with Crippen LogP contribution in [0.4, 0.5) is 5.82 Å². The molecule has 10 nitrogen and oxygen atoms in total. The second kappa shape index (κ2) is 9.02. The van der Waals surface area contributed by atoms with Crippen LogP contribution in [-0.2, 0) is 9.59 Å². The number of likely N-dealkylation sites (tertiary alicyclic amines) is 1. The summed E-state index contributed by atoms with van der Waals surface area (Å²) >= 11 is 0. The van der Waals surface area contributed by atoms with E-state index in [-0.39, 0.29) is 17.9 Å². The predicted molar refractivity (Wildman–Crippen MR) is 140 cm³/mol. The van der Waals surface area contributed by atoms with Crippen LogP contribution in [0, 0.1) is 5.41 Å². The van der Waals surface area contributed by atoms with Gasteiger partial charge in [0.2, 0.25) is 5.91 Å². The first-order chi connectivity index (χ1) is 17.8. The van der Waals surface area contributed by atoms with Gasteiger partial charge in [-0.15, -0.1) is 0 Å². The van der Waals surface area contributed by atoms with Crippen molar-refractivity contribution in [1.29, 1.82) is 0 Å². The number of pyridine rings is 1. The normalized spacial score (nSPS) is 23.2. The Hall–Kier alpha value is -3.66. The topological polar surface area (TPSA) is 145 Å². The molecule has 10 heteroatoms. The third kappa shape index (κ3) is 4.09. The Morgan fingerprint density at radius 2 is 2.00 bits per heavy atom. The maximum atomic E-state index is 12.7. The van der Waals surface area contributed by atoms with Gasteiger partial charge in [-0.05, 0) is 62.7 Å². The molecule has 6 rings (SSSR count). The van der Waals surface area contributed by atoms with Crippen LogP contribution in [0.25, 0.3) is 21.8 Å². The Balaban J connectivity index is 1.38. The molecule has 194 valence electrons. The smallest absolute Gasteiger partial charge is 0.317 e. The second-order valence-corrected chi connectivity index (χ2v) is 10.8. The number of nitrogens with zero attached hydrogens (tertiary/aromatic N) is 3. The molecule has 0 radical (unpaired) electrons. The van der Waals surface area contributed by atoms with Crippen LogP contribution in [0.2, 0.25) is 0 Å². The van der Waals surface area contributed by atoms with Crippen molar-refractivity contribution in [2.45, 2.75) is 38.0 Å². The first-order valence-electron chi connectivity index (χ1n) is 13.1. The summed E-state index contributed by atoms with van der Waals surface area (Å²) in [5, 5.41) is 13.9. The number of aromatic amines is 1. The number of amides is 2. The van der Waals surface area contributed by atoms with E-state index in [0.29, 0.717) is 30.1 Å². The number of nitrogens with one attached hydrogen (secondary N) is 2. The highest BCUT2D eigenvalue weighted by molar-refractivity contribution is 6.18. The Labute approximate surface area is 214 Å². The predicted octanol–water partition coefficient (Wildman–Crippen LogP) is 2.19. The number of carboxylic acid groups (broad SMARTS) is 1. The molecule has 5 N–H and O–H groups in total. The average molecular weight is 505 g/mol. The largest absolute Gasteiger partial charge is 0.480 e. The molecule has 2 aromatic heterocycles. The number of aliphatic carboxylic acids is 1. The standard InChI is InChI=1S/C27H32N6O4/c28-24(36)19-13-30-25(33-9-1-6-27(15-33)7-8-29-26(27)37)22-18-3-2-17(12-20(18)31-23(19)22)16-4-10-32(11-5-16)14-21(34)35/h2-3,12-13,16,31H,1,4-11,14-15H2,(H2,28,36)(H,29,37)(H,34,35). The minimum atomic E-state index is -0.791. The number of carboxylic acids is 1. The zero-order valence-corrected chi connectivity index (χ0v) is 20.8. The summed E-state index contributed by atoms with van der Waals surface area (Å²) in [5.74, 6) is -0.0791. The van der Waals surface area contributed by atoms with Crippen LogP contribution in [0.1, 0.15) is 53.9 Å². The van der Waals surface area contributed by atoms with Crippen molar-refractivity contribution >= 4 is 45.4 Å². The summed E-state index contributed by atoms with van der Waals surface area (Å²) in [6.45, 7) is 3.71. The molecule has 5 heterocycles. The van der Waals surface area contributed by atoms with Crippen molar-refractivity contribution < 1.29 is 19.5 Å². The lowest BCUT2D eigenvalue weighted by Crippen LogP contribution is -2.47. The molecule has 1 unspecified atom stereocenters. The monoisotopic (exact) mass is 504 g/mol. The van der Waals surface area contributed by atoms with Gasteiger partial charge in [0.25, 0.3) is 5.91 Å². The van der Waals surface area contributed by atoms with Crippen LogP contribution in [0.3, 0.4) is 0 Å². The highest BCUT2D eigenvalue weighted by Crippen LogP contribution is 2.42. The summed E-state index contributed by atoms with van der Waals surface area (Å²) < 4.78 is 0. The number of carbonyl (C=O) groups excluding carboxylic acids is 2. The fraction of sp³-hybridized carbons (Fsp3) is 0.481. The van der Waals surface area contributed by atoms with Crippen molar-refractivity contribution in [3.05, 3.63) is 35.5 Å². The molecule has 1 spiro atoms. The van der Waals surface area contributed by atoms with Crippen LogP contribution < -0.4 is 16.0 Å². The first-order valence-corrected chi connectivity index (χ1v) is 13.1. The van der Waals surface area contributed by atoms with Crippen LogP contribution >= 0.6 is 0 Å². The molecule has 3 aromatic rings. The number of H-pyrrole nitrogens is 1.